The topological polar surface area (TPSA) is 45.5 Å². The van der Waals surface area contributed by atoms with Gasteiger partial charge in [-0.1, -0.05) is 55.3 Å². The number of carbonyl (C=O) groups is 1. The fourth-order valence-corrected chi connectivity index (χ4v) is 5.56. The summed E-state index contributed by atoms with van der Waals surface area (Å²) in [5.41, 5.74) is 0.633. The third-order valence-electron chi connectivity index (χ3n) is 7.32. The number of aromatic nitrogens is 1. The van der Waals surface area contributed by atoms with Crippen molar-refractivity contribution in [2.45, 2.75) is 50.2 Å². The Balaban J connectivity index is 1.42. The van der Waals surface area contributed by atoms with Crippen molar-refractivity contribution in [1.82, 2.24) is 9.47 Å². The average molecular weight is 403 g/mol. The molecule has 4 nitrogen and oxygen atoms in total. The van der Waals surface area contributed by atoms with E-state index in [1.807, 2.05) is 17.0 Å². The van der Waals surface area contributed by atoms with Crippen molar-refractivity contribution in [3.63, 3.8) is 0 Å². The molecular weight excluding hydrogens is 372 g/mol. The Bertz CT molecular complexity index is 1020. The molecule has 2 aliphatic rings. The van der Waals surface area contributed by atoms with Gasteiger partial charge in [0.25, 0.3) is 0 Å². The quantitative estimate of drug-likeness (QED) is 0.683. The van der Waals surface area contributed by atoms with Crippen LogP contribution in [0.15, 0.2) is 67.0 Å². The van der Waals surface area contributed by atoms with Gasteiger partial charge in [-0.2, -0.15) is 0 Å². The van der Waals surface area contributed by atoms with Crippen molar-refractivity contribution >= 4 is 16.7 Å². The van der Waals surface area contributed by atoms with Crippen LogP contribution in [-0.2, 0) is 4.79 Å². The van der Waals surface area contributed by atoms with Crippen LogP contribution in [-0.4, -0.2) is 39.2 Å². The van der Waals surface area contributed by atoms with E-state index in [9.17, 15) is 9.90 Å². The lowest BCUT2D eigenvalue weighted by molar-refractivity contribution is -0.143. The molecule has 1 amide bonds. The molecule has 2 heterocycles. The Morgan fingerprint density at radius 3 is 2.70 bits per heavy atom. The number of nitrogens with zero attached hydrogens (tertiary/aromatic N) is 2. The van der Waals surface area contributed by atoms with Crippen LogP contribution in [0, 0.1) is 5.92 Å². The number of fused-ring (bicyclic) bond motifs is 2. The van der Waals surface area contributed by atoms with Crippen LogP contribution < -0.4 is 0 Å². The van der Waals surface area contributed by atoms with Crippen LogP contribution in [0.4, 0.5) is 0 Å². The van der Waals surface area contributed by atoms with E-state index < -0.39 is 5.60 Å². The van der Waals surface area contributed by atoms with Crippen molar-refractivity contribution in [3.05, 3.63) is 72.6 Å². The number of hydrogen-bond acceptors (Lipinski definition) is 2. The van der Waals surface area contributed by atoms with Gasteiger partial charge in [0.15, 0.2) is 0 Å². The molecule has 2 aromatic carbocycles. The maximum absolute atomic E-state index is 13.4. The summed E-state index contributed by atoms with van der Waals surface area (Å²) in [6.07, 6.45) is 9.45. The molecule has 0 bridgehead atoms. The molecule has 3 aromatic rings. The fraction of sp³-hybridized carbons (Fsp3) is 0.423. The minimum atomic E-state index is -0.551. The molecule has 1 aliphatic carbocycles. The zero-order valence-electron chi connectivity index (χ0n) is 17.4. The second-order valence-corrected chi connectivity index (χ2v) is 9.05. The van der Waals surface area contributed by atoms with Crippen molar-refractivity contribution in [2.75, 3.05) is 13.1 Å². The highest BCUT2D eigenvalue weighted by molar-refractivity contribution is 5.87. The molecule has 0 spiro atoms. The molecule has 1 N–H and O–H groups in total. The Labute approximate surface area is 178 Å². The monoisotopic (exact) mass is 402 g/mol. The average Bonchev–Trinajstić information content (AvgIpc) is 3.31. The third-order valence-corrected chi connectivity index (χ3v) is 7.32. The van der Waals surface area contributed by atoms with E-state index in [0.717, 1.165) is 25.7 Å². The van der Waals surface area contributed by atoms with Crippen LogP contribution in [0.25, 0.3) is 10.8 Å². The summed E-state index contributed by atoms with van der Waals surface area (Å²) in [4.78, 5) is 15.4. The number of rotatable bonds is 4. The number of likely N-dealkylation sites (tertiary alicyclic amines) is 1. The molecule has 1 aliphatic heterocycles. The Morgan fingerprint density at radius 2 is 1.83 bits per heavy atom. The van der Waals surface area contributed by atoms with E-state index in [4.69, 9.17) is 0 Å². The predicted molar refractivity (Wildman–Crippen MR) is 119 cm³/mol. The molecule has 0 radical (unpaired) electrons. The summed E-state index contributed by atoms with van der Waals surface area (Å²) >= 11 is 0. The van der Waals surface area contributed by atoms with E-state index >= 15 is 0 Å². The number of hydrogen-bond donors (Lipinski definition) is 1. The molecule has 4 heteroatoms. The van der Waals surface area contributed by atoms with E-state index in [0.29, 0.717) is 25.9 Å². The molecular formula is C26H30N2O2. The Hall–Kier alpha value is -2.59. The second kappa shape index (κ2) is 7.92. The predicted octanol–water partition coefficient (Wildman–Crippen LogP) is 4.77. The summed E-state index contributed by atoms with van der Waals surface area (Å²) in [6, 6.07) is 18.8. The summed E-state index contributed by atoms with van der Waals surface area (Å²) in [7, 11) is 0. The lowest BCUT2D eigenvalue weighted by atomic mass is 9.71. The standard InChI is InChI=1S/C26H30N2O2/c29-25(28-17-14-26(30)13-4-3-10-21(26)19-28)18-24(27-15-5-6-16-27)23-12-7-9-20-8-1-2-11-22(20)23/h1-2,5-9,11-12,15-16,21,24,30H,3-4,10,13-14,17-19H2/t21-,24?,26-/m0/s1. The van der Waals surface area contributed by atoms with Gasteiger partial charge in [-0.15, -0.1) is 0 Å². The summed E-state index contributed by atoms with van der Waals surface area (Å²) in [5, 5.41) is 13.4. The maximum atomic E-state index is 13.4. The van der Waals surface area contributed by atoms with Crippen LogP contribution in [0.2, 0.25) is 0 Å². The largest absolute Gasteiger partial charge is 0.389 e. The minimum Gasteiger partial charge on any atom is -0.389 e. The molecule has 1 saturated heterocycles. The number of piperidine rings is 1. The van der Waals surface area contributed by atoms with Gasteiger partial charge >= 0.3 is 0 Å². The van der Waals surface area contributed by atoms with Gasteiger partial charge in [0, 0.05) is 31.4 Å². The lowest BCUT2D eigenvalue weighted by Crippen LogP contribution is -2.54. The SMILES string of the molecule is O=C(CC(c1cccc2ccccc12)n1cccc1)N1CC[C@@]2(O)CCCC[C@H]2C1. The first-order chi connectivity index (χ1) is 14.6. The molecule has 1 unspecified atom stereocenters. The van der Waals surface area contributed by atoms with Crippen LogP contribution in [0.3, 0.4) is 0 Å². The molecule has 3 atom stereocenters. The van der Waals surface area contributed by atoms with Gasteiger partial charge in [0.05, 0.1) is 18.1 Å². The molecule has 5 rings (SSSR count). The van der Waals surface area contributed by atoms with Gasteiger partial charge in [0.1, 0.15) is 0 Å². The van der Waals surface area contributed by atoms with Crippen molar-refractivity contribution in [2.24, 2.45) is 5.92 Å². The van der Waals surface area contributed by atoms with Gasteiger partial charge in [-0.25, -0.2) is 0 Å². The number of aliphatic hydroxyl groups is 1. The normalized spacial score (nSPS) is 25.1. The number of benzene rings is 2. The molecule has 1 aromatic heterocycles. The smallest absolute Gasteiger partial charge is 0.225 e. The first-order valence-electron chi connectivity index (χ1n) is 11.2. The van der Waals surface area contributed by atoms with E-state index in [2.05, 4.69) is 59.4 Å². The number of amides is 1. The Kier molecular flexibility index (Phi) is 5.11. The van der Waals surface area contributed by atoms with Crippen molar-refractivity contribution < 1.29 is 9.90 Å². The fourth-order valence-electron chi connectivity index (χ4n) is 5.56. The zero-order valence-corrected chi connectivity index (χ0v) is 17.4. The number of carbonyl (C=O) groups excluding carboxylic acids is 1. The lowest BCUT2D eigenvalue weighted by Gasteiger charge is -2.47. The van der Waals surface area contributed by atoms with Crippen molar-refractivity contribution in [1.29, 1.82) is 0 Å². The van der Waals surface area contributed by atoms with Gasteiger partial charge in [-0.3, -0.25) is 4.79 Å². The Morgan fingerprint density at radius 1 is 1.03 bits per heavy atom. The van der Waals surface area contributed by atoms with Gasteiger partial charge < -0.3 is 14.6 Å². The van der Waals surface area contributed by atoms with E-state index in [1.165, 1.54) is 16.3 Å². The van der Waals surface area contributed by atoms with Crippen LogP contribution >= 0.6 is 0 Å². The van der Waals surface area contributed by atoms with Crippen molar-refractivity contribution in [3.8, 4) is 0 Å². The molecule has 30 heavy (non-hydrogen) atoms. The molecule has 2 fully saturated rings. The van der Waals surface area contributed by atoms with Crippen LogP contribution in [0.1, 0.15) is 50.1 Å². The second-order valence-electron chi connectivity index (χ2n) is 9.05. The van der Waals surface area contributed by atoms with Gasteiger partial charge in [0.2, 0.25) is 5.91 Å². The highest BCUT2D eigenvalue weighted by Crippen LogP contribution is 2.40. The summed E-state index contributed by atoms with van der Waals surface area (Å²) in [5.74, 6) is 0.417. The highest BCUT2D eigenvalue weighted by atomic mass is 16.3. The summed E-state index contributed by atoms with van der Waals surface area (Å²) < 4.78 is 2.15. The highest BCUT2D eigenvalue weighted by Gasteiger charge is 2.43. The first-order valence-corrected chi connectivity index (χ1v) is 11.2. The molecule has 1 saturated carbocycles. The molecule has 156 valence electrons. The maximum Gasteiger partial charge on any atom is 0.225 e. The van der Waals surface area contributed by atoms with E-state index in [-0.39, 0.29) is 17.9 Å². The third kappa shape index (κ3) is 3.54. The van der Waals surface area contributed by atoms with E-state index in [1.54, 1.807) is 0 Å². The first kappa shape index (κ1) is 19.4. The van der Waals surface area contributed by atoms with Gasteiger partial charge in [-0.05, 0) is 47.7 Å². The van der Waals surface area contributed by atoms with Crippen LogP contribution in [0.5, 0.6) is 0 Å². The minimum absolute atomic E-state index is 0.0363. The zero-order chi connectivity index (χ0) is 20.6. The summed E-state index contributed by atoms with van der Waals surface area (Å²) in [6.45, 7) is 1.36.